The minimum atomic E-state index is -0.944. The Morgan fingerprint density at radius 1 is 0.960 bits per heavy atom. The number of anilines is 2. The molecule has 25 heavy (non-hydrogen) atoms. The van der Waals surface area contributed by atoms with E-state index in [1.807, 2.05) is 0 Å². The normalized spacial score (nSPS) is 10.4. The second-order valence-electron chi connectivity index (χ2n) is 5.19. The molecule has 0 saturated heterocycles. The van der Waals surface area contributed by atoms with Gasteiger partial charge in [-0.05, 0) is 24.3 Å². The van der Waals surface area contributed by atoms with Crippen LogP contribution in [-0.2, 0) is 9.59 Å². The van der Waals surface area contributed by atoms with Gasteiger partial charge in [-0.25, -0.2) is 17.6 Å². The van der Waals surface area contributed by atoms with Crippen molar-refractivity contribution in [1.82, 2.24) is 0 Å². The zero-order valence-electron chi connectivity index (χ0n) is 13.2. The van der Waals surface area contributed by atoms with Crippen molar-refractivity contribution in [3.63, 3.8) is 0 Å². The number of hydrogen-bond acceptors (Lipinski definition) is 2. The summed E-state index contributed by atoms with van der Waals surface area (Å²) in [4.78, 5) is 24.5. The van der Waals surface area contributed by atoms with Gasteiger partial charge in [-0.3, -0.25) is 9.59 Å². The van der Waals surface area contributed by atoms with Gasteiger partial charge in [0.15, 0.2) is 0 Å². The summed E-state index contributed by atoms with van der Waals surface area (Å²) >= 11 is 0. The highest BCUT2D eigenvalue weighted by Crippen LogP contribution is 2.21. The number of hydrogen-bond donors (Lipinski definition) is 1. The molecule has 0 aromatic heterocycles. The van der Waals surface area contributed by atoms with Crippen molar-refractivity contribution in [2.24, 2.45) is 0 Å². The maximum Gasteiger partial charge on any atom is 0.226 e. The molecule has 0 saturated carbocycles. The molecule has 0 fully saturated rings. The van der Waals surface area contributed by atoms with Crippen molar-refractivity contribution < 1.29 is 27.2 Å². The molecule has 0 radical (unpaired) electrons. The third-order valence-electron chi connectivity index (χ3n) is 3.35. The Kier molecular flexibility index (Phi) is 5.74. The topological polar surface area (TPSA) is 49.4 Å². The summed E-state index contributed by atoms with van der Waals surface area (Å²) in [5.74, 6) is -4.67. The van der Waals surface area contributed by atoms with Crippen LogP contribution in [0.3, 0.4) is 0 Å². The first kappa shape index (κ1) is 18.4. The summed E-state index contributed by atoms with van der Waals surface area (Å²) in [6.07, 6.45) is -0.271. The van der Waals surface area contributed by atoms with Crippen molar-refractivity contribution in [2.45, 2.75) is 13.3 Å². The van der Waals surface area contributed by atoms with Crippen molar-refractivity contribution in [2.75, 3.05) is 16.8 Å². The number of amides is 2. The molecule has 0 atom stereocenters. The molecule has 2 aromatic rings. The first-order valence-corrected chi connectivity index (χ1v) is 7.26. The van der Waals surface area contributed by atoms with Crippen LogP contribution in [0.5, 0.6) is 0 Å². The Bertz CT molecular complexity index is 811. The van der Waals surface area contributed by atoms with Gasteiger partial charge in [0, 0.05) is 32.0 Å². The van der Waals surface area contributed by atoms with E-state index < -0.39 is 35.1 Å². The van der Waals surface area contributed by atoms with Gasteiger partial charge in [-0.15, -0.1) is 0 Å². The maximum absolute atomic E-state index is 13.8. The SMILES string of the molecule is CC(=O)N(CCC(=O)Nc1ccc(F)cc1F)c1ccc(F)cc1F. The van der Waals surface area contributed by atoms with Gasteiger partial charge in [0.05, 0.1) is 11.4 Å². The van der Waals surface area contributed by atoms with Crippen LogP contribution in [0.1, 0.15) is 13.3 Å². The summed E-state index contributed by atoms with van der Waals surface area (Å²) in [5, 5.41) is 2.23. The molecule has 0 unspecified atom stereocenters. The molecular weight excluding hydrogens is 340 g/mol. The number of nitrogens with zero attached hydrogens (tertiary/aromatic N) is 1. The second-order valence-corrected chi connectivity index (χ2v) is 5.19. The van der Waals surface area contributed by atoms with Crippen molar-refractivity contribution in [1.29, 1.82) is 0 Å². The molecule has 1 N–H and O–H groups in total. The van der Waals surface area contributed by atoms with E-state index in [0.717, 1.165) is 29.2 Å². The smallest absolute Gasteiger partial charge is 0.226 e. The van der Waals surface area contributed by atoms with Crippen LogP contribution in [-0.4, -0.2) is 18.4 Å². The lowest BCUT2D eigenvalue weighted by Crippen LogP contribution is -2.32. The first-order chi connectivity index (χ1) is 11.8. The molecule has 2 rings (SSSR count). The molecule has 2 amide bonds. The van der Waals surface area contributed by atoms with Gasteiger partial charge in [0.2, 0.25) is 11.8 Å². The average Bonchev–Trinajstić information content (AvgIpc) is 2.52. The highest BCUT2D eigenvalue weighted by molar-refractivity contribution is 5.94. The van der Waals surface area contributed by atoms with Crippen molar-refractivity contribution in [3.05, 3.63) is 59.7 Å². The number of carbonyl (C=O) groups is 2. The fraction of sp³-hybridized carbons (Fsp3) is 0.176. The Labute approximate surface area is 141 Å². The van der Waals surface area contributed by atoms with Crippen LogP contribution >= 0.6 is 0 Å². The quantitative estimate of drug-likeness (QED) is 0.834. The van der Waals surface area contributed by atoms with E-state index in [1.165, 1.54) is 6.92 Å². The van der Waals surface area contributed by atoms with Gasteiger partial charge in [-0.1, -0.05) is 0 Å². The molecule has 0 heterocycles. The molecular formula is C17H14F4N2O2. The fourth-order valence-electron chi connectivity index (χ4n) is 2.16. The van der Waals surface area contributed by atoms with Gasteiger partial charge >= 0.3 is 0 Å². The zero-order valence-corrected chi connectivity index (χ0v) is 13.2. The third kappa shape index (κ3) is 4.79. The second kappa shape index (κ2) is 7.78. The van der Waals surface area contributed by atoms with Gasteiger partial charge in [0.25, 0.3) is 0 Å². The molecule has 4 nitrogen and oxygen atoms in total. The lowest BCUT2D eigenvalue weighted by atomic mass is 10.2. The van der Waals surface area contributed by atoms with Crippen LogP contribution in [0.25, 0.3) is 0 Å². The zero-order chi connectivity index (χ0) is 18.6. The van der Waals surface area contributed by atoms with E-state index in [4.69, 9.17) is 0 Å². The molecule has 0 aliphatic carbocycles. The average molecular weight is 354 g/mol. The minimum Gasteiger partial charge on any atom is -0.324 e. The number of halogens is 4. The molecule has 2 aromatic carbocycles. The Morgan fingerprint density at radius 3 is 2.12 bits per heavy atom. The van der Waals surface area contributed by atoms with Crippen LogP contribution in [0.2, 0.25) is 0 Å². The number of benzene rings is 2. The summed E-state index contributed by atoms with van der Waals surface area (Å²) in [7, 11) is 0. The van der Waals surface area contributed by atoms with Gasteiger partial charge in [-0.2, -0.15) is 0 Å². The minimum absolute atomic E-state index is 0.172. The molecule has 0 bridgehead atoms. The summed E-state index contributed by atoms with van der Waals surface area (Å²) < 4.78 is 53.1. The standard InChI is InChI=1S/C17H14F4N2O2/c1-10(24)23(16-5-3-12(19)9-14(16)21)7-6-17(25)22-15-4-2-11(18)8-13(15)20/h2-5,8-9H,6-7H2,1H3,(H,22,25). The number of carbonyl (C=O) groups excluding carboxylic acids is 2. The molecule has 0 aliphatic rings. The van der Waals surface area contributed by atoms with Crippen LogP contribution < -0.4 is 10.2 Å². The van der Waals surface area contributed by atoms with Crippen molar-refractivity contribution >= 4 is 23.2 Å². The Hall–Kier alpha value is -2.90. The summed E-state index contributed by atoms with van der Waals surface area (Å²) in [6.45, 7) is 0.965. The van der Waals surface area contributed by atoms with E-state index in [0.29, 0.717) is 12.1 Å². The van der Waals surface area contributed by atoms with Crippen LogP contribution in [0.4, 0.5) is 28.9 Å². The molecule has 0 aliphatic heterocycles. The number of nitrogens with one attached hydrogen (secondary N) is 1. The molecule has 132 valence electrons. The highest BCUT2D eigenvalue weighted by atomic mass is 19.1. The molecule has 0 spiro atoms. The maximum atomic E-state index is 13.8. The van der Waals surface area contributed by atoms with Gasteiger partial charge < -0.3 is 10.2 Å². The predicted octanol–water partition coefficient (Wildman–Crippen LogP) is 3.62. The third-order valence-corrected chi connectivity index (χ3v) is 3.35. The van der Waals surface area contributed by atoms with E-state index in [2.05, 4.69) is 5.32 Å². The summed E-state index contributed by atoms with van der Waals surface area (Å²) in [6, 6.07) is 5.36. The molecule has 8 heteroatoms. The van der Waals surface area contributed by atoms with Gasteiger partial charge in [0.1, 0.15) is 23.3 Å². The highest BCUT2D eigenvalue weighted by Gasteiger charge is 2.18. The van der Waals surface area contributed by atoms with Crippen LogP contribution in [0.15, 0.2) is 36.4 Å². The van der Waals surface area contributed by atoms with Crippen molar-refractivity contribution in [3.8, 4) is 0 Å². The van der Waals surface area contributed by atoms with Crippen LogP contribution in [0, 0.1) is 23.3 Å². The monoisotopic (exact) mass is 354 g/mol. The Morgan fingerprint density at radius 2 is 1.56 bits per heavy atom. The Balaban J connectivity index is 2.05. The predicted molar refractivity (Wildman–Crippen MR) is 84.0 cm³/mol. The van der Waals surface area contributed by atoms with E-state index >= 15 is 0 Å². The lowest BCUT2D eigenvalue weighted by molar-refractivity contribution is -0.117. The van der Waals surface area contributed by atoms with E-state index in [9.17, 15) is 27.2 Å². The summed E-state index contributed by atoms with van der Waals surface area (Å²) in [5.41, 5.74) is -0.386. The first-order valence-electron chi connectivity index (χ1n) is 7.26. The van der Waals surface area contributed by atoms with E-state index in [-0.39, 0.29) is 24.3 Å². The number of rotatable bonds is 5. The fourth-order valence-corrected chi connectivity index (χ4v) is 2.16. The largest absolute Gasteiger partial charge is 0.324 e. The lowest BCUT2D eigenvalue weighted by Gasteiger charge is -2.21. The van der Waals surface area contributed by atoms with E-state index in [1.54, 1.807) is 0 Å².